The number of rotatable bonds is 8. The zero-order chi connectivity index (χ0) is 21.1. The van der Waals surface area contributed by atoms with Crippen LogP contribution in [0.3, 0.4) is 0 Å². The first-order valence-electron chi connectivity index (χ1n) is 9.14. The van der Waals surface area contributed by atoms with E-state index in [1.165, 1.54) is 0 Å². The number of hydrogen-bond donors (Lipinski definition) is 2. The summed E-state index contributed by atoms with van der Waals surface area (Å²) in [5, 5.41) is 3.35. The Kier molecular flexibility index (Phi) is 6.82. The van der Waals surface area contributed by atoms with Gasteiger partial charge in [-0.05, 0) is 56.1 Å². The summed E-state index contributed by atoms with van der Waals surface area (Å²) in [6.07, 6.45) is 3.74. The monoisotopic (exact) mass is 481 g/mol. The molecule has 1 fully saturated rings. The van der Waals surface area contributed by atoms with Crippen LogP contribution < -0.4 is 15.7 Å². The van der Waals surface area contributed by atoms with Crippen LogP contribution in [-0.2, 0) is 4.84 Å². The van der Waals surface area contributed by atoms with E-state index in [1.54, 1.807) is 49.3 Å². The van der Waals surface area contributed by atoms with Gasteiger partial charge in [0, 0.05) is 22.8 Å². The molecule has 0 radical (unpaired) electrons. The predicted octanol–water partition coefficient (Wildman–Crippen LogP) is 5.94. The van der Waals surface area contributed by atoms with E-state index in [9.17, 15) is 4.79 Å². The van der Waals surface area contributed by atoms with Crippen molar-refractivity contribution in [3.05, 3.63) is 63.5 Å². The first kappa shape index (κ1) is 21.6. The maximum Gasteiger partial charge on any atom is 0.277 e. The highest BCUT2D eigenvalue weighted by Crippen LogP contribution is 2.36. The van der Waals surface area contributed by atoms with Crippen LogP contribution in [0.25, 0.3) is 0 Å². The van der Waals surface area contributed by atoms with Crippen molar-refractivity contribution in [2.24, 2.45) is 5.92 Å². The van der Waals surface area contributed by atoms with E-state index in [0.717, 1.165) is 17.3 Å². The Balaban J connectivity index is 1.99. The second kappa shape index (κ2) is 9.15. The minimum atomic E-state index is -0.553. The fourth-order valence-electron chi connectivity index (χ4n) is 2.79. The molecule has 1 aliphatic carbocycles. The van der Waals surface area contributed by atoms with E-state index in [2.05, 4.69) is 33.3 Å². The molecule has 1 amide bonds. The Morgan fingerprint density at radius 3 is 2.79 bits per heavy atom. The molecule has 1 saturated carbocycles. The molecule has 0 unspecified atom stereocenters. The third kappa shape index (κ3) is 5.10. The van der Waals surface area contributed by atoms with Crippen LogP contribution in [0.1, 0.15) is 28.8 Å². The molecule has 2 aromatic carbocycles. The number of halogens is 3. The quantitative estimate of drug-likeness (QED) is 0.457. The van der Waals surface area contributed by atoms with Crippen LogP contribution in [0.4, 0.5) is 21.5 Å². The van der Waals surface area contributed by atoms with Gasteiger partial charge in [-0.25, -0.2) is 9.87 Å². The lowest BCUT2D eigenvalue weighted by Gasteiger charge is -2.22. The Labute approximate surface area is 183 Å². The molecule has 0 heterocycles. The minimum absolute atomic E-state index is 0.0282. The summed E-state index contributed by atoms with van der Waals surface area (Å²) < 4.78 is 16.1. The molecule has 0 atom stereocenters. The maximum absolute atomic E-state index is 15.3. The lowest BCUT2D eigenvalue weighted by Crippen LogP contribution is -2.26. The Bertz CT molecular complexity index is 950. The van der Waals surface area contributed by atoms with E-state index in [-0.39, 0.29) is 11.3 Å². The van der Waals surface area contributed by atoms with Crippen LogP contribution in [-0.4, -0.2) is 19.6 Å². The van der Waals surface area contributed by atoms with Gasteiger partial charge in [0.05, 0.1) is 28.6 Å². The Hall–Kier alpha value is -2.09. The highest BCUT2D eigenvalue weighted by atomic mass is 79.9. The fraction of sp³-hybridized carbons (Fsp3) is 0.286. The number of hydroxylamine groups is 1. The Morgan fingerprint density at radius 2 is 2.17 bits per heavy atom. The van der Waals surface area contributed by atoms with Gasteiger partial charge in [0.25, 0.3) is 5.91 Å². The van der Waals surface area contributed by atoms with Crippen molar-refractivity contribution in [3.63, 3.8) is 0 Å². The predicted molar refractivity (Wildman–Crippen MR) is 118 cm³/mol. The summed E-state index contributed by atoms with van der Waals surface area (Å²) in [7, 11) is 1.73. The fourth-order valence-corrected chi connectivity index (χ4v) is 3.51. The SMILES string of the molecule is C=CN(C)c1cc(C(=O)NOCC2CC2)c(Nc2ccc(Br)cc2Cl)c(F)c1C. The molecule has 3 rings (SSSR count). The normalized spacial score (nSPS) is 13.1. The van der Waals surface area contributed by atoms with Gasteiger partial charge in [0.15, 0.2) is 5.82 Å². The summed E-state index contributed by atoms with van der Waals surface area (Å²) in [5.41, 5.74) is 3.93. The number of anilines is 3. The third-order valence-electron chi connectivity index (χ3n) is 4.75. The molecule has 0 aromatic heterocycles. The van der Waals surface area contributed by atoms with Crippen LogP contribution in [0.5, 0.6) is 0 Å². The smallest absolute Gasteiger partial charge is 0.277 e. The van der Waals surface area contributed by atoms with Gasteiger partial charge in [0.2, 0.25) is 0 Å². The van der Waals surface area contributed by atoms with Crippen molar-refractivity contribution >= 4 is 50.5 Å². The summed E-state index contributed by atoms with van der Waals surface area (Å²) in [4.78, 5) is 19.7. The molecule has 0 bridgehead atoms. The third-order valence-corrected chi connectivity index (χ3v) is 5.56. The van der Waals surface area contributed by atoms with Gasteiger partial charge in [0.1, 0.15) is 0 Å². The Morgan fingerprint density at radius 1 is 1.45 bits per heavy atom. The number of amides is 1. The van der Waals surface area contributed by atoms with Crippen LogP contribution in [0.2, 0.25) is 5.02 Å². The second-order valence-electron chi connectivity index (χ2n) is 6.99. The molecule has 5 nitrogen and oxygen atoms in total. The van der Waals surface area contributed by atoms with E-state index in [0.29, 0.717) is 34.5 Å². The number of nitrogens with one attached hydrogen (secondary N) is 2. The molecule has 1 aliphatic rings. The molecular weight excluding hydrogens is 461 g/mol. The lowest BCUT2D eigenvalue weighted by molar-refractivity contribution is 0.0271. The molecule has 154 valence electrons. The van der Waals surface area contributed by atoms with Gasteiger partial charge < -0.3 is 10.2 Å². The highest BCUT2D eigenvalue weighted by Gasteiger charge is 2.25. The molecular formula is C21H22BrClFN3O2. The van der Waals surface area contributed by atoms with Gasteiger partial charge in [-0.2, -0.15) is 0 Å². The number of hydrogen-bond acceptors (Lipinski definition) is 4. The van der Waals surface area contributed by atoms with Crippen molar-refractivity contribution in [1.29, 1.82) is 0 Å². The summed E-state index contributed by atoms with van der Waals surface area (Å²) >= 11 is 9.61. The minimum Gasteiger partial charge on any atom is -0.351 e. The van der Waals surface area contributed by atoms with E-state index in [4.69, 9.17) is 16.4 Å². The first-order chi connectivity index (χ1) is 13.8. The number of nitrogens with zero attached hydrogens (tertiary/aromatic N) is 1. The summed E-state index contributed by atoms with van der Waals surface area (Å²) in [5.74, 6) is -0.617. The molecule has 0 spiro atoms. The number of benzene rings is 2. The molecule has 2 aromatic rings. The van der Waals surface area contributed by atoms with E-state index in [1.807, 2.05) is 0 Å². The van der Waals surface area contributed by atoms with Crippen LogP contribution in [0.15, 0.2) is 41.5 Å². The first-order valence-corrected chi connectivity index (χ1v) is 10.3. The summed E-state index contributed by atoms with van der Waals surface area (Å²) in [6.45, 7) is 5.80. The number of carbonyl (C=O) groups is 1. The van der Waals surface area contributed by atoms with Crippen molar-refractivity contribution in [2.75, 3.05) is 23.9 Å². The van der Waals surface area contributed by atoms with Gasteiger partial charge in [-0.15, -0.1) is 0 Å². The molecule has 0 saturated heterocycles. The van der Waals surface area contributed by atoms with E-state index >= 15 is 4.39 Å². The van der Waals surface area contributed by atoms with E-state index < -0.39 is 11.7 Å². The zero-order valence-electron chi connectivity index (χ0n) is 16.2. The van der Waals surface area contributed by atoms with Crippen LogP contribution >= 0.6 is 27.5 Å². The number of carbonyl (C=O) groups excluding carboxylic acids is 1. The van der Waals surface area contributed by atoms with Gasteiger partial charge >= 0.3 is 0 Å². The molecule has 8 heteroatoms. The average molecular weight is 483 g/mol. The van der Waals surface area contributed by atoms with Crippen molar-refractivity contribution < 1.29 is 14.0 Å². The van der Waals surface area contributed by atoms with Crippen LogP contribution in [0, 0.1) is 18.7 Å². The standard InChI is InChI=1S/C21H22BrClFN3O2/c1-4-27(3)18-10-15(21(28)26-29-11-13-5-6-13)20(19(24)12(18)2)25-17-8-7-14(22)9-16(17)23/h4,7-10,13,25H,1,5-6,11H2,2-3H3,(H,26,28). The van der Waals surface area contributed by atoms with Gasteiger partial charge in [-0.3, -0.25) is 9.63 Å². The average Bonchev–Trinajstić information content (AvgIpc) is 3.51. The van der Waals surface area contributed by atoms with Crippen molar-refractivity contribution in [3.8, 4) is 0 Å². The maximum atomic E-state index is 15.3. The molecule has 29 heavy (non-hydrogen) atoms. The summed E-state index contributed by atoms with van der Waals surface area (Å²) in [6, 6.07) is 6.77. The second-order valence-corrected chi connectivity index (χ2v) is 8.31. The topological polar surface area (TPSA) is 53.6 Å². The highest BCUT2D eigenvalue weighted by molar-refractivity contribution is 9.10. The van der Waals surface area contributed by atoms with Crippen molar-refractivity contribution in [2.45, 2.75) is 19.8 Å². The lowest BCUT2D eigenvalue weighted by atomic mass is 10.0. The molecule has 2 N–H and O–H groups in total. The van der Waals surface area contributed by atoms with Crippen molar-refractivity contribution in [1.82, 2.24) is 5.48 Å². The van der Waals surface area contributed by atoms with Gasteiger partial charge in [-0.1, -0.05) is 34.1 Å². The largest absolute Gasteiger partial charge is 0.351 e. The molecule has 0 aliphatic heterocycles. The zero-order valence-corrected chi connectivity index (χ0v) is 18.5.